The maximum atomic E-state index is 13.6. The second kappa shape index (κ2) is 6.14. The number of hydrogen-bond acceptors (Lipinski definition) is 0. The lowest BCUT2D eigenvalue weighted by Gasteiger charge is -2.06. The zero-order valence-corrected chi connectivity index (χ0v) is 12.0. The molecule has 0 N–H and O–H groups in total. The van der Waals surface area contributed by atoms with Crippen molar-refractivity contribution in [1.29, 1.82) is 0 Å². The fourth-order valence-corrected chi connectivity index (χ4v) is 2.50. The van der Waals surface area contributed by atoms with Crippen molar-refractivity contribution in [3.05, 3.63) is 69.4 Å². The highest BCUT2D eigenvalue weighted by molar-refractivity contribution is 9.10. The van der Waals surface area contributed by atoms with Crippen LogP contribution in [0.3, 0.4) is 0 Å². The predicted octanol–water partition coefficient (Wildman–Crippen LogP) is 5.07. The normalized spacial score (nSPS) is 10.6. The summed E-state index contributed by atoms with van der Waals surface area (Å²) < 4.78 is 14.5. The fourth-order valence-electron chi connectivity index (χ4n) is 2.09. The molecule has 2 rings (SSSR count). The highest BCUT2D eigenvalue weighted by Crippen LogP contribution is 2.18. The summed E-state index contributed by atoms with van der Waals surface area (Å²) >= 11 is 3.38. The van der Waals surface area contributed by atoms with Gasteiger partial charge in [0.05, 0.1) is 0 Å². The monoisotopic (exact) mass is 306 g/mol. The van der Waals surface area contributed by atoms with Crippen molar-refractivity contribution in [3.63, 3.8) is 0 Å². The molecular formula is C16H16BrF. The molecule has 0 nitrogen and oxygen atoms in total. The first-order valence-electron chi connectivity index (χ1n) is 6.15. The number of halogens is 2. The van der Waals surface area contributed by atoms with Crippen LogP contribution in [-0.2, 0) is 12.8 Å². The molecule has 0 amide bonds. The summed E-state index contributed by atoms with van der Waals surface area (Å²) in [5.74, 6) is -0.108. The van der Waals surface area contributed by atoms with Crippen molar-refractivity contribution in [2.75, 3.05) is 0 Å². The summed E-state index contributed by atoms with van der Waals surface area (Å²) in [4.78, 5) is 0. The summed E-state index contributed by atoms with van der Waals surface area (Å²) in [5.41, 5.74) is 3.46. The van der Waals surface area contributed by atoms with E-state index in [1.54, 1.807) is 6.07 Å². The van der Waals surface area contributed by atoms with Crippen molar-refractivity contribution in [2.24, 2.45) is 0 Å². The first-order valence-corrected chi connectivity index (χ1v) is 6.94. The lowest BCUT2D eigenvalue weighted by atomic mass is 10.0. The first kappa shape index (κ1) is 13.3. The Morgan fingerprint density at radius 1 is 1.00 bits per heavy atom. The maximum Gasteiger partial charge on any atom is 0.126 e. The minimum atomic E-state index is -0.108. The minimum Gasteiger partial charge on any atom is -0.207 e. The van der Waals surface area contributed by atoms with Crippen LogP contribution in [0, 0.1) is 12.7 Å². The third kappa shape index (κ3) is 3.42. The molecule has 0 aromatic heterocycles. The molecule has 0 radical (unpaired) electrons. The van der Waals surface area contributed by atoms with E-state index in [4.69, 9.17) is 0 Å². The van der Waals surface area contributed by atoms with E-state index in [2.05, 4.69) is 41.1 Å². The second-order valence-electron chi connectivity index (χ2n) is 4.52. The van der Waals surface area contributed by atoms with Gasteiger partial charge in [-0.25, -0.2) is 4.39 Å². The van der Waals surface area contributed by atoms with Crippen LogP contribution in [0.4, 0.5) is 4.39 Å². The minimum absolute atomic E-state index is 0.108. The van der Waals surface area contributed by atoms with Crippen LogP contribution in [0.5, 0.6) is 0 Å². The third-order valence-electron chi connectivity index (χ3n) is 3.16. The van der Waals surface area contributed by atoms with Crippen LogP contribution in [0.25, 0.3) is 0 Å². The number of hydrogen-bond donors (Lipinski definition) is 0. The van der Waals surface area contributed by atoms with E-state index in [9.17, 15) is 4.39 Å². The summed E-state index contributed by atoms with van der Waals surface area (Å²) in [6.45, 7) is 2.12. The van der Waals surface area contributed by atoms with Crippen LogP contribution in [-0.4, -0.2) is 0 Å². The van der Waals surface area contributed by atoms with Gasteiger partial charge in [0.2, 0.25) is 0 Å². The highest BCUT2D eigenvalue weighted by atomic mass is 79.9. The van der Waals surface area contributed by atoms with Gasteiger partial charge in [-0.1, -0.05) is 40.2 Å². The number of aryl methyl sites for hydroxylation is 3. The fraction of sp³-hybridized carbons (Fsp3) is 0.250. The Labute approximate surface area is 116 Å². The van der Waals surface area contributed by atoms with E-state index in [0.717, 1.165) is 29.3 Å². The topological polar surface area (TPSA) is 0 Å². The largest absolute Gasteiger partial charge is 0.207 e. The summed E-state index contributed by atoms with van der Waals surface area (Å²) in [5, 5.41) is 0. The molecule has 18 heavy (non-hydrogen) atoms. The molecule has 0 atom stereocenters. The molecule has 2 aromatic rings. The van der Waals surface area contributed by atoms with Crippen LogP contribution in [0.15, 0.2) is 46.9 Å². The van der Waals surface area contributed by atoms with Gasteiger partial charge in [0.15, 0.2) is 0 Å². The second-order valence-corrected chi connectivity index (χ2v) is 5.43. The van der Waals surface area contributed by atoms with Gasteiger partial charge in [-0.2, -0.15) is 0 Å². The molecule has 0 aliphatic heterocycles. The highest BCUT2D eigenvalue weighted by Gasteiger charge is 2.03. The summed E-state index contributed by atoms with van der Waals surface area (Å²) in [6, 6.07) is 13.5. The number of rotatable bonds is 4. The maximum absolute atomic E-state index is 13.6. The SMILES string of the molecule is Cc1ccccc1CCCc1cc(Br)ccc1F. The Balaban J connectivity index is 1.96. The Morgan fingerprint density at radius 3 is 2.50 bits per heavy atom. The molecule has 2 aromatic carbocycles. The van der Waals surface area contributed by atoms with E-state index >= 15 is 0 Å². The van der Waals surface area contributed by atoms with Crippen molar-refractivity contribution in [2.45, 2.75) is 26.2 Å². The molecule has 2 heteroatoms. The van der Waals surface area contributed by atoms with Crippen LogP contribution in [0.2, 0.25) is 0 Å². The van der Waals surface area contributed by atoms with Gasteiger partial charge < -0.3 is 0 Å². The average Bonchev–Trinajstić information content (AvgIpc) is 2.36. The smallest absolute Gasteiger partial charge is 0.126 e. The predicted molar refractivity (Wildman–Crippen MR) is 77.3 cm³/mol. The third-order valence-corrected chi connectivity index (χ3v) is 3.65. The Hall–Kier alpha value is -1.15. The zero-order chi connectivity index (χ0) is 13.0. The van der Waals surface area contributed by atoms with Gasteiger partial charge in [0.1, 0.15) is 5.82 Å². The molecule has 0 saturated heterocycles. The van der Waals surface area contributed by atoms with E-state index in [1.165, 1.54) is 17.2 Å². The Morgan fingerprint density at radius 2 is 1.72 bits per heavy atom. The zero-order valence-electron chi connectivity index (χ0n) is 10.4. The molecule has 0 heterocycles. The Bertz CT molecular complexity index is 534. The molecule has 0 fully saturated rings. The summed E-state index contributed by atoms with van der Waals surface area (Å²) in [6.07, 6.45) is 2.75. The van der Waals surface area contributed by atoms with Crippen molar-refractivity contribution < 1.29 is 4.39 Å². The van der Waals surface area contributed by atoms with Gasteiger partial charge in [-0.3, -0.25) is 0 Å². The van der Waals surface area contributed by atoms with Gasteiger partial charge in [0.25, 0.3) is 0 Å². The van der Waals surface area contributed by atoms with Crippen LogP contribution < -0.4 is 0 Å². The Kier molecular flexibility index (Phi) is 4.54. The summed E-state index contributed by atoms with van der Waals surface area (Å²) in [7, 11) is 0. The first-order chi connectivity index (χ1) is 8.66. The van der Waals surface area contributed by atoms with E-state index in [-0.39, 0.29) is 5.82 Å². The molecular weight excluding hydrogens is 291 g/mol. The van der Waals surface area contributed by atoms with Crippen molar-refractivity contribution in [3.8, 4) is 0 Å². The quantitative estimate of drug-likeness (QED) is 0.739. The van der Waals surface area contributed by atoms with Crippen LogP contribution in [0.1, 0.15) is 23.1 Å². The average molecular weight is 307 g/mol. The lowest BCUT2D eigenvalue weighted by Crippen LogP contribution is -1.95. The van der Waals surface area contributed by atoms with E-state index < -0.39 is 0 Å². The van der Waals surface area contributed by atoms with Crippen LogP contribution >= 0.6 is 15.9 Å². The molecule has 0 unspecified atom stereocenters. The lowest BCUT2D eigenvalue weighted by molar-refractivity contribution is 0.604. The molecule has 0 aliphatic rings. The van der Waals surface area contributed by atoms with E-state index in [0.29, 0.717) is 0 Å². The molecule has 0 bridgehead atoms. The van der Waals surface area contributed by atoms with Crippen molar-refractivity contribution in [1.82, 2.24) is 0 Å². The standard InChI is InChI=1S/C16H16BrF/c1-12-5-2-3-6-13(12)7-4-8-14-11-15(17)9-10-16(14)18/h2-3,5-6,9-11H,4,7-8H2,1H3. The molecule has 94 valence electrons. The van der Waals surface area contributed by atoms with Crippen molar-refractivity contribution >= 4 is 15.9 Å². The molecule has 0 saturated carbocycles. The van der Waals surface area contributed by atoms with Gasteiger partial charge in [-0.15, -0.1) is 0 Å². The van der Waals surface area contributed by atoms with Gasteiger partial charge in [-0.05, 0) is 61.1 Å². The van der Waals surface area contributed by atoms with Gasteiger partial charge >= 0.3 is 0 Å². The molecule has 0 aliphatic carbocycles. The molecule has 0 spiro atoms. The number of benzene rings is 2. The van der Waals surface area contributed by atoms with E-state index in [1.807, 2.05) is 12.1 Å². The van der Waals surface area contributed by atoms with Gasteiger partial charge in [0, 0.05) is 4.47 Å².